The van der Waals surface area contributed by atoms with E-state index in [2.05, 4.69) is 10.3 Å². The number of likely N-dealkylation sites (N-methyl/N-ethyl adjacent to an activating group) is 1. The third-order valence-electron chi connectivity index (χ3n) is 4.52. The molecule has 6 nitrogen and oxygen atoms in total. The van der Waals surface area contributed by atoms with E-state index < -0.39 is 9.84 Å². The molecule has 0 aliphatic carbocycles. The molecule has 134 valence electrons. The van der Waals surface area contributed by atoms with Crippen molar-refractivity contribution < 1.29 is 13.2 Å². The lowest BCUT2D eigenvalue weighted by molar-refractivity contribution is -0.122. The zero-order valence-corrected chi connectivity index (χ0v) is 15.1. The first-order chi connectivity index (χ1) is 12.0. The van der Waals surface area contributed by atoms with Crippen LogP contribution in [0.2, 0.25) is 0 Å². The molecular weight excluding hydrogens is 338 g/mol. The molecule has 2 aromatic rings. The van der Waals surface area contributed by atoms with E-state index in [0.29, 0.717) is 13.0 Å². The zero-order chi connectivity index (χ0) is 17.9. The molecule has 0 unspecified atom stereocenters. The lowest BCUT2D eigenvalue weighted by atomic mass is 10.1. The Labute approximate surface area is 148 Å². The van der Waals surface area contributed by atoms with Crippen LogP contribution in [0.15, 0.2) is 36.5 Å². The summed E-state index contributed by atoms with van der Waals surface area (Å²) in [6.45, 7) is 3.60. The topological polar surface area (TPSA) is 79.4 Å². The molecule has 1 fully saturated rings. The van der Waals surface area contributed by atoms with Gasteiger partial charge in [-0.25, -0.2) is 8.42 Å². The van der Waals surface area contributed by atoms with E-state index in [1.54, 1.807) is 6.20 Å². The summed E-state index contributed by atoms with van der Waals surface area (Å²) in [7, 11) is -2.98. The molecule has 3 rings (SSSR count). The molecule has 1 aliphatic heterocycles. The van der Waals surface area contributed by atoms with E-state index in [1.165, 1.54) is 0 Å². The number of sulfone groups is 1. The third kappa shape index (κ3) is 4.55. The number of carbonyl (C=O) groups is 1. The smallest absolute Gasteiger partial charge is 0.234 e. The van der Waals surface area contributed by atoms with Crippen LogP contribution >= 0.6 is 0 Å². The summed E-state index contributed by atoms with van der Waals surface area (Å²) in [4.78, 5) is 18.8. The number of aromatic nitrogens is 1. The minimum absolute atomic E-state index is 0.0537. The minimum Gasteiger partial charge on any atom is -0.351 e. The van der Waals surface area contributed by atoms with Crippen LogP contribution in [0, 0.1) is 0 Å². The number of carbonyl (C=O) groups excluding carboxylic acids is 1. The van der Waals surface area contributed by atoms with Crippen LogP contribution in [-0.2, 0) is 21.2 Å². The highest BCUT2D eigenvalue weighted by Crippen LogP contribution is 2.17. The zero-order valence-electron chi connectivity index (χ0n) is 14.3. The summed E-state index contributed by atoms with van der Waals surface area (Å²) in [5, 5.41) is 3.93. The van der Waals surface area contributed by atoms with E-state index >= 15 is 0 Å². The average Bonchev–Trinajstić information content (AvgIpc) is 2.93. The fraction of sp³-hybridized carbons (Fsp3) is 0.444. The van der Waals surface area contributed by atoms with Crippen molar-refractivity contribution in [3.63, 3.8) is 0 Å². The molecule has 2 heterocycles. The number of amides is 1. The third-order valence-corrected chi connectivity index (χ3v) is 6.29. The largest absolute Gasteiger partial charge is 0.351 e. The molecule has 0 bridgehead atoms. The maximum Gasteiger partial charge on any atom is 0.234 e. The Kier molecular flexibility index (Phi) is 5.34. The van der Waals surface area contributed by atoms with E-state index in [9.17, 15) is 13.2 Å². The van der Waals surface area contributed by atoms with Crippen LogP contribution < -0.4 is 5.32 Å². The fourth-order valence-electron chi connectivity index (χ4n) is 3.20. The van der Waals surface area contributed by atoms with Gasteiger partial charge < -0.3 is 5.32 Å². The fourth-order valence-corrected chi connectivity index (χ4v) is 4.87. The highest BCUT2D eigenvalue weighted by molar-refractivity contribution is 7.91. The maximum absolute atomic E-state index is 12.3. The van der Waals surface area contributed by atoms with Crippen molar-refractivity contribution in [2.24, 2.45) is 0 Å². The number of hydrogen-bond acceptors (Lipinski definition) is 5. The Hall–Kier alpha value is -1.99. The van der Waals surface area contributed by atoms with Crippen LogP contribution in [0.5, 0.6) is 0 Å². The van der Waals surface area contributed by atoms with Gasteiger partial charge in [-0.15, -0.1) is 0 Å². The van der Waals surface area contributed by atoms with Gasteiger partial charge in [0.05, 0.1) is 23.6 Å². The SMILES string of the molecule is CCN(CC(=O)N[C@H]1CCS(=O)(=O)C1)Cc1cccc2cccnc12. The molecule has 1 N–H and O–H groups in total. The van der Waals surface area contributed by atoms with Gasteiger partial charge in [-0.05, 0) is 24.6 Å². The predicted molar refractivity (Wildman–Crippen MR) is 97.9 cm³/mol. The summed E-state index contributed by atoms with van der Waals surface area (Å²) in [5.74, 6) is 0.0898. The van der Waals surface area contributed by atoms with Gasteiger partial charge in [0.25, 0.3) is 0 Å². The van der Waals surface area contributed by atoms with Crippen molar-refractivity contribution in [1.29, 1.82) is 0 Å². The van der Waals surface area contributed by atoms with Crippen molar-refractivity contribution >= 4 is 26.6 Å². The van der Waals surface area contributed by atoms with E-state index in [0.717, 1.165) is 23.0 Å². The van der Waals surface area contributed by atoms with Gasteiger partial charge in [-0.1, -0.05) is 31.2 Å². The van der Waals surface area contributed by atoms with E-state index in [1.807, 2.05) is 42.2 Å². The van der Waals surface area contributed by atoms with Crippen LogP contribution in [0.4, 0.5) is 0 Å². The molecular formula is C18H23N3O3S. The van der Waals surface area contributed by atoms with Crippen molar-refractivity contribution in [2.45, 2.75) is 25.9 Å². The molecule has 0 spiro atoms. The van der Waals surface area contributed by atoms with Gasteiger partial charge in [0, 0.05) is 24.2 Å². The second kappa shape index (κ2) is 7.49. The number of hydrogen-bond donors (Lipinski definition) is 1. The van der Waals surface area contributed by atoms with Gasteiger partial charge in [0.2, 0.25) is 5.91 Å². The molecule has 25 heavy (non-hydrogen) atoms. The summed E-state index contributed by atoms with van der Waals surface area (Å²) < 4.78 is 23.0. The Bertz CT molecular complexity index is 862. The highest BCUT2D eigenvalue weighted by atomic mass is 32.2. The van der Waals surface area contributed by atoms with E-state index in [-0.39, 0.29) is 30.0 Å². The first-order valence-corrected chi connectivity index (χ1v) is 10.3. The van der Waals surface area contributed by atoms with Gasteiger partial charge in [-0.3, -0.25) is 14.7 Å². The Balaban J connectivity index is 1.63. The Morgan fingerprint density at radius 1 is 1.32 bits per heavy atom. The lowest BCUT2D eigenvalue weighted by Crippen LogP contribution is -2.42. The average molecular weight is 361 g/mol. The molecule has 1 saturated heterocycles. The normalized spacial score (nSPS) is 19.4. The number of nitrogens with one attached hydrogen (secondary N) is 1. The number of benzene rings is 1. The van der Waals surface area contributed by atoms with Crippen molar-refractivity contribution in [3.8, 4) is 0 Å². The van der Waals surface area contributed by atoms with Crippen molar-refractivity contribution in [3.05, 3.63) is 42.1 Å². The number of pyridine rings is 1. The van der Waals surface area contributed by atoms with Crippen molar-refractivity contribution in [2.75, 3.05) is 24.6 Å². The summed E-state index contributed by atoms with van der Waals surface area (Å²) >= 11 is 0. The quantitative estimate of drug-likeness (QED) is 0.840. The molecule has 0 radical (unpaired) electrons. The highest BCUT2D eigenvalue weighted by Gasteiger charge is 2.29. The minimum atomic E-state index is -2.98. The van der Waals surface area contributed by atoms with Crippen LogP contribution in [0.25, 0.3) is 10.9 Å². The molecule has 1 amide bonds. The number of nitrogens with zero attached hydrogens (tertiary/aromatic N) is 2. The number of para-hydroxylation sites is 1. The molecule has 1 aromatic carbocycles. The van der Waals surface area contributed by atoms with Gasteiger partial charge in [0.1, 0.15) is 0 Å². The van der Waals surface area contributed by atoms with Crippen LogP contribution in [-0.4, -0.2) is 54.8 Å². The molecule has 7 heteroatoms. The van der Waals surface area contributed by atoms with E-state index in [4.69, 9.17) is 0 Å². The number of fused-ring (bicyclic) bond motifs is 1. The second-order valence-electron chi connectivity index (χ2n) is 6.46. The molecule has 0 saturated carbocycles. The Morgan fingerprint density at radius 3 is 2.84 bits per heavy atom. The Morgan fingerprint density at radius 2 is 2.12 bits per heavy atom. The maximum atomic E-state index is 12.3. The van der Waals surface area contributed by atoms with Gasteiger partial charge in [0.15, 0.2) is 9.84 Å². The first kappa shape index (κ1) is 17.8. The van der Waals surface area contributed by atoms with Gasteiger partial charge >= 0.3 is 0 Å². The van der Waals surface area contributed by atoms with Crippen LogP contribution in [0.3, 0.4) is 0 Å². The molecule has 1 aliphatic rings. The predicted octanol–water partition coefficient (Wildman–Crippen LogP) is 1.36. The molecule has 1 aromatic heterocycles. The first-order valence-electron chi connectivity index (χ1n) is 8.51. The number of rotatable bonds is 6. The summed E-state index contributed by atoms with van der Waals surface area (Å²) in [6.07, 6.45) is 2.28. The molecule has 1 atom stereocenters. The van der Waals surface area contributed by atoms with Gasteiger partial charge in [-0.2, -0.15) is 0 Å². The standard InChI is InChI=1S/C18H23N3O3S/c1-2-21(12-17(22)20-16-8-10-25(23,24)13-16)11-15-6-3-5-14-7-4-9-19-18(14)15/h3-7,9,16H,2,8,10-13H2,1H3,(H,20,22)/t16-/m0/s1. The second-order valence-corrected chi connectivity index (χ2v) is 8.69. The monoisotopic (exact) mass is 361 g/mol. The lowest BCUT2D eigenvalue weighted by Gasteiger charge is -2.21. The summed E-state index contributed by atoms with van der Waals surface area (Å²) in [5.41, 5.74) is 2.03. The van der Waals surface area contributed by atoms with Crippen LogP contribution in [0.1, 0.15) is 18.9 Å². The van der Waals surface area contributed by atoms with Crippen molar-refractivity contribution in [1.82, 2.24) is 15.2 Å². The summed E-state index contributed by atoms with van der Waals surface area (Å²) in [6, 6.07) is 9.73.